The minimum Gasteiger partial charge on any atom is -0.489 e. The number of benzene rings is 1. The summed E-state index contributed by atoms with van der Waals surface area (Å²) in [5.41, 5.74) is 3.47. The van der Waals surface area contributed by atoms with Gasteiger partial charge in [-0.15, -0.1) is 0 Å². The number of rotatable bonds is 4. The van der Waals surface area contributed by atoms with Crippen molar-refractivity contribution >= 4 is 5.82 Å². The van der Waals surface area contributed by atoms with Gasteiger partial charge < -0.3 is 10.2 Å². The highest BCUT2D eigenvalue weighted by molar-refractivity contribution is 5.42. The molecule has 0 aliphatic heterocycles. The van der Waals surface area contributed by atoms with Crippen LogP contribution in [0.3, 0.4) is 0 Å². The summed E-state index contributed by atoms with van der Waals surface area (Å²) in [6.45, 7) is 0.442. The number of nitrogens with one attached hydrogen (secondary N) is 1. The maximum atomic E-state index is 5.60. The highest BCUT2D eigenvalue weighted by Crippen LogP contribution is 2.15. The topological polar surface area (TPSA) is 60.2 Å². The van der Waals surface area contributed by atoms with E-state index in [1.807, 2.05) is 42.5 Å². The predicted octanol–water partition coefficient (Wildman–Crippen LogP) is 1.95. The predicted molar refractivity (Wildman–Crippen MR) is 62.8 cm³/mol. The highest BCUT2D eigenvalue weighted by atomic mass is 16.5. The smallest absolute Gasteiger partial charge is 0.146 e. The Balaban J connectivity index is 2.05. The van der Waals surface area contributed by atoms with E-state index in [-0.39, 0.29) is 0 Å². The zero-order valence-corrected chi connectivity index (χ0v) is 8.76. The molecule has 2 rings (SSSR count). The number of nitrogens with two attached hydrogens (primary N) is 1. The Morgan fingerprint density at radius 3 is 2.69 bits per heavy atom. The Labute approximate surface area is 94.0 Å². The van der Waals surface area contributed by atoms with Gasteiger partial charge in [-0.3, -0.25) is 0 Å². The molecule has 0 amide bonds. The van der Waals surface area contributed by atoms with Crippen LogP contribution in [0.15, 0.2) is 48.7 Å². The average molecular weight is 215 g/mol. The van der Waals surface area contributed by atoms with E-state index in [1.165, 1.54) is 0 Å². The van der Waals surface area contributed by atoms with Crippen LogP contribution in [0.2, 0.25) is 0 Å². The molecule has 0 spiro atoms. The summed E-state index contributed by atoms with van der Waals surface area (Å²) in [7, 11) is 0. The van der Waals surface area contributed by atoms with Gasteiger partial charge in [-0.05, 0) is 18.2 Å². The maximum Gasteiger partial charge on any atom is 0.146 e. The van der Waals surface area contributed by atoms with E-state index in [2.05, 4.69) is 10.4 Å². The molecule has 1 aromatic carbocycles. The van der Waals surface area contributed by atoms with Gasteiger partial charge in [0.15, 0.2) is 0 Å². The van der Waals surface area contributed by atoms with Gasteiger partial charge in [0.25, 0.3) is 0 Å². The molecule has 2 aromatic rings. The minimum atomic E-state index is 0.442. The number of hydrazine groups is 1. The van der Waals surface area contributed by atoms with E-state index >= 15 is 0 Å². The van der Waals surface area contributed by atoms with Gasteiger partial charge in [0.1, 0.15) is 18.2 Å². The SMILES string of the molecule is NNc1ncccc1COc1ccccc1. The van der Waals surface area contributed by atoms with Gasteiger partial charge in [0.2, 0.25) is 0 Å². The van der Waals surface area contributed by atoms with E-state index in [9.17, 15) is 0 Å². The second-order valence-corrected chi connectivity index (χ2v) is 3.26. The molecule has 16 heavy (non-hydrogen) atoms. The van der Waals surface area contributed by atoms with Crippen molar-refractivity contribution in [3.63, 3.8) is 0 Å². The average Bonchev–Trinajstić information content (AvgIpc) is 2.38. The molecule has 0 atom stereocenters. The van der Waals surface area contributed by atoms with Crippen LogP contribution >= 0.6 is 0 Å². The Bertz CT molecular complexity index is 445. The van der Waals surface area contributed by atoms with Gasteiger partial charge in [-0.1, -0.05) is 24.3 Å². The van der Waals surface area contributed by atoms with Crippen molar-refractivity contribution in [1.29, 1.82) is 0 Å². The van der Waals surface area contributed by atoms with Gasteiger partial charge in [0.05, 0.1) is 0 Å². The van der Waals surface area contributed by atoms with E-state index < -0.39 is 0 Å². The molecule has 0 radical (unpaired) electrons. The molecule has 3 N–H and O–H groups in total. The maximum absolute atomic E-state index is 5.60. The summed E-state index contributed by atoms with van der Waals surface area (Å²) in [4.78, 5) is 4.09. The van der Waals surface area contributed by atoms with Gasteiger partial charge in [-0.2, -0.15) is 0 Å². The summed E-state index contributed by atoms with van der Waals surface area (Å²) < 4.78 is 5.60. The third-order valence-corrected chi connectivity index (χ3v) is 2.17. The number of anilines is 1. The molecule has 1 heterocycles. The van der Waals surface area contributed by atoms with Crippen molar-refractivity contribution in [3.05, 3.63) is 54.2 Å². The molecule has 0 saturated heterocycles. The number of pyridine rings is 1. The highest BCUT2D eigenvalue weighted by Gasteiger charge is 2.01. The molecule has 4 nitrogen and oxygen atoms in total. The van der Waals surface area contributed by atoms with Crippen molar-refractivity contribution in [3.8, 4) is 5.75 Å². The molecular weight excluding hydrogens is 202 g/mol. The fourth-order valence-corrected chi connectivity index (χ4v) is 1.36. The molecule has 0 aliphatic carbocycles. The molecule has 0 aliphatic rings. The van der Waals surface area contributed by atoms with Crippen LogP contribution in [-0.4, -0.2) is 4.98 Å². The Morgan fingerprint density at radius 1 is 1.12 bits per heavy atom. The number of aromatic nitrogens is 1. The third kappa shape index (κ3) is 2.49. The fraction of sp³-hybridized carbons (Fsp3) is 0.0833. The number of hydrogen-bond acceptors (Lipinski definition) is 4. The normalized spacial score (nSPS) is 9.81. The molecule has 82 valence electrons. The fourth-order valence-electron chi connectivity index (χ4n) is 1.36. The summed E-state index contributed by atoms with van der Waals surface area (Å²) in [6.07, 6.45) is 1.68. The largest absolute Gasteiger partial charge is 0.489 e. The number of ether oxygens (including phenoxy) is 1. The molecule has 0 bridgehead atoms. The van der Waals surface area contributed by atoms with E-state index in [1.54, 1.807) is 6.20 Å². The van der Waals surface area contributed by atoms with Crippen LogP contribution in [0.1, 0.15) is 5.56 Å². The first kappa shape index (κ1) is 10.4. The van der Waals surface area contributed by atoms with Crippen molar-refractivity contribution in [2.45, 2.75) is 6.61 Å². The van der Waals surface area contributed by atoms with Crippen LogP contribution in [0.25, 0.3) is 0 Å². The van der Waals surface area contributed by atoms with Crippen LogP contribution in [0.5, 0.6) is 5.75 Å². The quantitative estimate of drug-likeness (QED) is 0.604. The van der Waals surface area contributed by atoms with E-state index in [0.29, 0.717) is 12.4 Å². The summed E-state index contributed by atoms with van der Waals surface area (Å²) >= 11 is 0. The molecular formula is C12H13N3O. The molecule has 0 unspecified atom stereocenters. The number of hydrogen-bond donors (Lipinski definition) is 2. The van der Waals surface area contributed by atoms with Crippen molar-refractivity contribution in [1.82, 2.24) is 4.98 Å². The summed E-state index contributed by atoms with van der Waals surface area (Å²) in [6, 6.07) is 13.4. The second kappa shape index (κ2) is 5.14. The number of nitrogens with zero attached hydrogens (tertiary/aromatic N) is 1. The lowest BCUT2D eigenvalue weighted by Crippen LogP contribution is -2.11. The van der Waals surface area contributed by atoms with Gasteiger partial charge in [0, 0.05) is 11.8 Å². The van der Waals surface area contributed by atoms with Crippen molar-refractivity contribution in [2.24, 2.45) is 5.84 Å². The lowest BCUT2D eigenvalue weighted by molar-refractivity contribution is 0.306. The second-order valence-electron chi connectivity index (χ2n) is 3.26. The van der Waals surface area contributed by atoms with Crippen molar-refractivity contribution < 1.29 is 4.74 Å². The van der Waals surface area contributed by atoms with E-state index in [4.69, 9.17) is 10.6 Å². The zero-order chi connectivity index (χ0) is 11.2. The first-order valence-corrected chi connectivity index (χ1v) is 4.98. The summed E-state index contributed by atoms with van der Waals surface area (Å²) in [5.74, 6) is 6.82. The lowest BCUT2D eigenvalue weighted by atomic mass is 10.2. The standard InChI is InChI=1S/C12H13N3O/c13-15-12-10(5-4-8-14-12)9-16-11-6-2-1-3-7-11/h1-8H,9,13H2,(H,14,15). The lowest BCUT2D eigenvalue weighted by Gasteiger charge is -2.09. The summed E-state index contributed by atoms with van der Waals surface area (Å²) in [5, 5.41) is 0. The zero-order valence-electron chi connectivity index (χ0n) is 8.76. The molecule has 1 aromatic heterocycles. The van der Waals surface area contributed by atoms with E-state index in [0.717, 1.165) is 11.3 Å². The molecule has 0 fully saturated rings. The number of para-hydroxylation sites is 1. The molecule has 4 heteroatoms. The first-order valence-electron chi connectivity index (χ1n) is 4.98. The first-order chi connectivity index (χ1) is 7.90. The molecule has 0 saturated carbocycles. The Morgan fingerprint density at radius 2 is 1.94 bits per heavy atom. The monoisotopic (exact) mass is 215 g/mol. The van der Waals surface area contributed by atoms with Crippen LogP contribution < -0.4 is 16.0 Å². The van der Waals surface area contributed by atoms with Crippen molar-refractivity contribution in [2.75, 3.05) is 5.43 Å². The van der Waals surface area contributed by atoms with Crippen LogP contribution in [0, 0.1) is 0 Å². The van der Waals surface area contributed by atoms with Gasteiger partial charge in [-0.25, -0.2) is 10.8 Å². The number of nitrogen functional groups attached to an aromatic ring is 1. The van der Waals surface area contributed by atoms with Crippen LogP contribution in [-0.2, 0) is 6.61 Å². The Hall–Kier alpha value is -2.07. The third-order valence-electron chi connectivity index (χ3n) is 2.17. The van der Waals surface area contributed by atoms with Crippen LogP contribution in [0.4, 0.5) is 5.82 Å². The Kier molecular flexibility index (Phi) is 3.35. The minimum absolute atomic E-state index is 0.442. The van der Waals surface area contributed by atoms with Gasteiger partial charge >= 0.3 is 0 Å².